The van der Waals surface area contributed by atoms with Gasteiger partial charge in [0.25, 0.3) is 5.91 Å². The summed E-state index contributed by atoms with van der Waals surface area (Å²) in [5.41, 5.74) is 1.45. The van der Waals surface area contributed by atoms with E-state index in [2.05, 4.69) is 10.3 Å². The van der Waals surface area contributed by atoms with Gasteiger partial charge in [0.2, 0.25) is 0 Å². The van der Waals surface area contributed by atoms with Crippen molar-refractivity contribution in [3.8, 4) is 6.07 Å². The monoisotopic (exact) mass is 281 g/mol. The van der Waals surface area contributed by atoms with Crippen LogP contribution in [0.15, 0.2) is 36.5 Å². The lowest BCUT2D eigenvalue weighted by Gasteiger charge is -2.09. The van der Waals surface area contributed by atoms with Gasteiger partial charge in [-0.25, -0.2) is 9.78 Å². The van der Waals surface area contributed by atoms with E-state index in [9.17, 15) is 9.59 Å². The quantitative estimate of drug-likeness (QED) is 0.897. The summed E-state index contributed by atoms with van der Waals surface area (Å²) in [6, 6.07) is 9.72. The predicted octanol–water partition coefficient (Wildman–Crippen LogP) is 2.21. The standard InChI is InChI=1S/C15H11N3O3/c1-9-3-2-4-12(11(9)8-16)18-14(19)10-5-6-17-13(7-10)15(20)21/h2-7H,1H3,(H,18,19)(H,20,21). The fourth-order valence-corrected chi connectivity index (χ4v) is 1.80. The molecule has 2 rings (SSSR count). The second kappa shape index (κ2) is 5.84. The SMILES string of the molecule is Cc1cccc(NC(=O)c2ccnc(C(=O)O)c2)c1C#N. The lowest BCUT2D eigenvalue weighted by molar-refractivity contribution is 0.0690. The van der Waals surface area contributed by atoms with E-state index in [1.807, 2.05) is 6.07 Å². The largest absolute Gasteiger partial charge is 0.477 e. The maximum Gasteiger partial charge on any atom is 0.354 e. The van der Waals surface area contributed by atoms with Crippen LogP contribution in [0.3, 0.4) is 0 Å². The van der Waals surface area contributed by atoms with Gasteiger partial charge in [0.15, 0.2) is 0 Å². The molecule has 104 valence electrons. The molecule has 0 aliphatic rings. The van der Waals surface area contributed by atoms with Crippen molar-refractivity contribution >= 4 is 17.6 Å². The summed E-state index contributed by atoms with van der Waals surface area (Å²) in [6.07, 6.45) is 1.25. The maximum absolute atomic E-state index is 12.1. The average molecular weight is 281 g/mol. The van der Waals surface area contributed by atoms with Gasteiger partial charge in [-0.1, -0.05) is 12.1 Å². The maximum atomic E-state index is 12.1. The number of rotatable bonds is 3. The summed E-state index contributed by atoms with van der Waals surface area (Å²) in [5.74, 6) is -1.71. The van der Waals surface area contributed by atoms with Crippen LogP contribution in [0.25, 0.3) is 0 Å². The minimum absolute atomic E-state index is 0.160. The van der Waals surface area contributed by atoms with Crippen LogP contribution < -0.4 is 5.32 Å². The number of benzene rings is 1. The first-order valence-electron chi connectivity index (χ1n) is 6.03. The Morgan fingerprint density at radius 2 is 2.10 bits per heavy atom. The smallest absolute Gasteiger partial charge is 0.354 e. The van der Waals surface area contributed by atoms with Crippen molar-refractivity contribution in [2.45, 2.75) is 6.92 Å². The number of aromatic carboxylic acids is 1. The second-order valence-corrected chi connectivity index (χ2v) is 4.30. The van der Waals surface area contributed by atoms with Crippen LogP contribution in [0, 0.1) is 18.3 Å². The van der Waals surface area contributed by atoms with Crippen molar-refractivity contribution in [2.24, 2.45) is 0 Å². The number of aryl methyl sites for hydroxylation is 1. The number of nitriles is 1. The molecule has 1 aromatic heterocycles. The number of nitrogens with one attached hydrogen (secondary N) is 1. The highest BCUT2D eigenvalue weighted by atomic mass is 16.4. The fourth-order valence-electron chi connectivity index (χ4n) is 1.80. The molecule has 0 aliphatic heterocycles. The van der Waals surface area contributed by atoms with E-state index in [0.717, 1.165) is 5.56 Å². The Morgan fingerprint density at radius 1 is 1.33 bits per heavy atom. The average Bonchev–Trinajstić information content (AvgIpc) is 2.47. The van der Waals surface area contributed by atoms with Gasteiger partial charge in [-0.05, 0) is 30.7 Å². The van der Waals surface area contributed by atoms with Gasteiger partial charge >= 0.3 is 5.97 Å². The highest BCUT2D eigenvalue weighted by Crippen LogP contribution is 2.19. The summed E-state index contributed by atoms with van der Waals surface area (Å²) >= 11 is 0. The van der Waals surface area contributed by atoms with Crippen LogP contribution in [-0.2, 0) is 0 Å². The number of aromatic nitrogens is 1. The van der Waals surface area contributed by atoms with Gasteiger partial charge in [0.1, 0.15) is 11.8 Å². The Hall–Kier alpha value is -3.20. The molecule has 6 nitrogen and oxygen atoms in total. The zero-order valence-electron chi connectivity index (χ0n) is 11.1. The molecule has 6 heteroatoms. The van der Waals surface area contributed by atoms with Crippen LogP contribution in [-0.4, -0.2) is 22.0 Å². The summed E-state index contributed by atoms with van der Waals surface area (Å²) in [4.78, 5) is 26.6. The molecule has 0 saturated carbocycles. The van der Waals surface area contributed by atoms with Crippen molar-refractivity contribution in [1.82, 2.24) is 4.98 Å². The Balaban J connectivity index is 2.31. The molecule has 0 radical (unpaired) electrons. The third kappa shape index (κ3) is 3.04. The Bertz CT molecular complexity index is 763. The molecule has 0 atom stereocenters. The molecule has 1 aromatic carbocycles. The molecule has 21 heavy (non-hydrogen) atoms. The Morgan fingerprint density at radius 3 is 2.76 bits per heavy atom. The fraction of sp³-hybridized carbons (Fsp3) is 0.0667. The van der Waals surface area contributed by atoms with Gasteiger partial charge in [0, 0.05) is 11.8 Å². The first-order chi connectivity index (χ1) is 10.0. The number of carboxylic acids is 1. The van der Waals surface area contributed by atoms with E-state index in [4.69, 9.17) is 10.4 Å². The minimum Gasteiger partial charge on any atom is -0.477 e. The number of pyridine rings is 1. The number of carbonyl (C=O) groups excluding carboxylic acids is 1. The van der Waals surface area contributed by atoms with E-state index in [-0.39, 0.29) is 11.3 Å². The van der Waals surface area contributed by atoms with Crippen LogP contribution in [0.4, 0.5) is 5.69 Å². The molecule has 2 aromatic rings. The molecular formula is C15H11N3O3. The molecule has 0 aliphatic carbocycles. The molecule has 0 bridgehead atoms. The number of hydrogen-bond acceptors (Lipinski definition) is 4. The molecule has 0 fully saturated rings. The van der Waals surface area contributed by atoms with Gasteiger partial charge in [-0.2, -0.15) is 5.26 Å². The second-order valence-electron chi connectivity index (χ2n) is 4.30. The van der Waals surface area contributed by atoms with Gasteiger partial charge in [-0.15, -0.1) is 0 Å². The Kier molecular flexibility index (Phi) is 3.95. The highest BCUT2D eigenvalue weighted by molar-refractivity contribution is 6.05. The lowest BCUT2D eigenvalue weighted by Crippen LogP contribution is -2.14. The van der Waals surface area contributed by atoms with Crippen molar-refractivity contribution in [3.63, 3.8) is 0 Å². The molecule has 1 heterocycles. The van der Waals surface area contributed by atoms with Gasteiger partial charge in [-0.3, -0.25) is 4.79 Å². The zero-order valence-corrected chi connectivity index (χ0v) is 11.1. The van der Waals surface area contributed by atoms with Crippen LogP contribution in [0.5, 0.6) is 0 Å². The highest BCUT2D eigenvalue weighted by Gasteiger charge is 2.13. The van der Waals surface area contributed by atoms with E-state index in [1.54, 1.807) is 25.1 Å². The molecule has 2 N–H and O–H groups in total. The van der Waals surface area contributed by atoms with Crippen molar-refractivity contribution in [3.05, 3.63) is 58.9 Å². The normalized spacial score (nSPS) is 9.71. The number of carboxylic acid groups (broad SMARTS) is 1. The molecular weight excluding hydrogens is 270 g/mol. The van der Waals surface area contributed by atoms with E-state index >= 15 is 0 Å². The summed E-state index contributed by atoms with van der Waals surface area (Å²) < 4.78 is 0. The lowest BCUT2D eigenvalue weighted by atomic mass is 10.1. The van der Waals surface area contributed by atoms with Crippen molar-refractivity contribution in [1.29, 1.82) is 5.26 Å². The summed E-state index contributed by atoms with van der Waals surface area (Å²) in [7, 11) is 0. The first kappa shape index (κ1) is 14.2. The topological polar surface area (TPSA) is 103 Å². The van der Waals surface area contributed by atoms with E-state index in [0.29, 0.717) is 11.3 Å². The first-order valence-corrected chi connectivity index (χ1v) is 6.03. The van der Waals surface area contributed by atoms with Gasteiger partial charge in [0.05, 0.1) is 11.3 Å². The van der Waals surface area contributed by atoms with Crippen LogP contribution >= 0.6 is 0 Å². The van der Waals surface area contributed by atoms with E-state index in [1.165, 1.54) is 18.3 Å². The number of carbonyl (C=O) groups is 2. The molecule has 0 unspecified atom stereocenters. The van der Waals surface area contributed by atoms with Crippen LogP contribution in [0.1, 0.15) is 32.0 Å². The third-order valence-corrected chi connectivity index (χ3v) is 2.87. The van der Waals surface area contributed by atoms with E-state index < -0.39 is 11.9 Å². The Labute approximate surface area is 120 Å². The minimum atomic E-state index is -1.21. The summed E-state index contributed by atoms with van der Waals surface area (Å²) in [5, 5.41) is 20.6. The predicted molar refractivity (Wildman–Crippen MR) is 75.0 cm³/mol. The third-order valence-electron chi connectivity index (χ3n) is 2.87. The molecule has 0 spiro atoms. The number of anilines is 1. The van der Waals surface area contributed by atoms with Gasteiger partial charge < -0.3 is 10.4 Å². The molecule has 1 amide bonds. The summed E-state index contributed by atoms with van der Waals surface area (Å²) in [6.45, 7) is 1.77. The van der Waals surface area contributed by atoms with Crippen molar-refractivity contribution < 1.29 is 14.7 Å². The van der Waals surface area contributed by atoms with Crippen LogP contribution in [0.2, 0.25) is 0 Å². The molecule has 0 saturated heterocycles. The number of amides is 1. The zero-order chi connectivity index (χ0) is 15.4. The number of nitrogens with zero attached hydrogens (tertiary/aromatic N) is 2. The van der Waals surface area contributed by atoms with Crippen molar-refractivity contribution in [2.75, 3.05) is 5.32 Å². The number of hydrogen-bond donors (Lipinski definition) is 2.